The largest absolute Gasteiger partial charge is 0.399 e. The number of rotatable bonds is 2. The fourth-order valence-electron chi connectivity index (χ4n) is 0.983. The highest BCUT2D eigenvalue weighted by Gasteiger charge is 1.93. The van der Waals surface area contributed by atoms with Crippen LogP contribution in [-0.2, 0) is 0 Å². The summed E-state index contributed by atoms with van der Waals surface area (Å²) in [5.41, 5.74) is 13.5. The van der Waals surface area contributed by atoms with E-state index in [-0.39, 0.29) is 0 Å². The van der Waals surface area contributed by atoms with Crippen LogP contribution in [0.4, 0.5) is 17.1 Å². The SMILES string of the molecule is CCNc1cc(N)cc(N)c1. The monoisotopic (exact) mass is 151 g/mol. The molecule has 0 heterocycles. The van der Waals surface area contributed by atoms with Crippen molar-refractivity contribution in [2.24, 2.45) is 0 Å². The molecule has 0 spiro atoms. The van der Waals surface area contributed by atoms with E-state index in [1.807, 2.05) is 19.1 Å². The molecule has 5 N–H and O–H groups in total. The maximum Gasteiger partial charge on any atom is 0.0381 e. The Morgan fingerprint density at radius 3 is 2.18 bits per heavy atom. The highest BCUT2D eigenvalue weighted by molar-refractivity contribution is 5.63. The van der Waals surface area contributed by atoms with Gasteiger partial charge in [-0.3, -0.25) is 0 Å². The lowest BCUT2D eigenvalue weighted by Gasteiger charge is -2.04. The van der Waals surface area contributed by atoms with E-state index < -0.39 is 0 Å². The summed E-state index contributed by atoms with van der Waals surface area (Å²) >= 11 is 0. The molecule has 0 aliphatic heterocycles. The van der Waals surface area contributed by atoms with Crippen LogP contribution in [0.2, 0.25) is 0 Å². The van der Waals surface area contributed by atoms with Gasteiger partial charge in [0, 0.05) is 23.6 Å². The van der Waals surface area contributed by atoms with Crippen molar-refractivity contribution in [2.45, 2.75) is 6.92 Å². The molecule has 0 aliphatic rings. The molecule has 1 rings (SSSR count). The van der Waals surface area contributed by atoms with Gasteiger partial charge in [0.15, 0.2) is 0 Å². The fourth-order valence-corrected chi connectivity index (χ4v) is 0.983. The minimum absolute atomic E-state index is 0.695. The zero-order valence-corrected chi connectivity index (χ0v) is 6.59. The Kier molecular flexibility index (Phi) is 2.21. The van der Waals surface area contributed by atoms with Crippen molar-refractivity contribution in [2.75, 3.05) is 23.3 Å². The third-order valence-corrected chi connectivity index (χ3v) is 1.36. The fraction of sp³-hybridized carbons (Fsp3) is 0.250. The van der Waals surface area contributed by atoms with E-state index in [1.165, 1.54) is 0 Å². The molecule has 0 aromatic heterocycles. The Morgan fingerprint density at radius 2 is 1.73 bits per heavy atom. The molecule has 1 aromatic rings. The van der Waals surface area contributed by atoms with Gasteiger partial charge in [0.05, 0.1) is 0 Å². The van der Waals surface area contributed by atoms with E-state index in [1.54, 1.807) is 6.07 Å². The van der Waals surface area contributed by atoms with Crippen molar-refractivity contribution in [1.82, 2.24) is 0 Å². The molecule has 60 valence electrons. The van der Waals surface area contributed by atoms with E-state index in [9.17, 15) is 0 Å². The lowest BCUT2D eigenvalue weighted by molar-refractivity contribution is 1.21. The highest BCUT2D eigenvalue weighted by Crippen LogP contribution is 2.17. The lowest BCUT2D eigenvalue weighted by Crippen LogP contribution is -1.98. The number of benzene rings is 1. The van der Waals surface area contributed by atoms with Gasteiger partial charge in [0.2, 0.25) is 0 Å². The first-order chi connectivity index (χ1) is 5.22. The first-order valence-electron chi connectivity index (χ1n) is 3.62. The van der Waals surface area contributed by atoms with Gasteiger partial charge in [-0.1, -0.05) is 0 Å². The minimum atomic E-state index is 0.695. The molecule has 0 amide bonds. The third kappa shape index (κ3) is 2.04. The maximum atomic E-state index is 5.57. The van der Waals surface area contributed by atoms with Crippen molar-refractivity contribution < 1.29 is 0 Å². The smallest absolute Gasteiger partial charge is 0.0381 e. The second-order valence-electron chi connectivity index (χ2n) is 2.42. The van der Waals surface area contributed by atoms with Crippen LogP contribution < -0.4 is 16.8 Å². The second kappa shape index (κ2) is 3.14. The second-order valence-corrected chi connectivity index (χ2v) is 2.42. The molecular formula is C8H13N3. The van der Waals surface area contributed by atoms with Crippen LogP contribution >= 0.6 is 0 Å². The van der Waals surface area contributed by atoms with E-state index in [2.05, 4.69) is 5.32 Å². The highest BCUT2D eigenvalue weighted by atomic mass is 14.9. The van der Waals surface area contributed by atoms with Gasteiger partial charge in [-0.15, -0.1) is 0 Å². The average Bonchev–Trinajstić information content (AvgIpc) is 1.85. The van der Waals surface area contributed by atoms with Crippen LogP contribution in [0.5, 0.6) is 0 Å². The maximum absolute atomic E-state index is 5.57. The zero-order chi connectivity index (χ0) is 8.27. The Balaban J connectivity index is 2.89. The Bertz CT molecular complexity index is 225. The lowest BCUT2D eigenvalue weighted by atomic mass is 10.2. The minimum Gasteiger partial charge on any atom is -0.399 e. The zero-order valence-electron chi connectivity index (χ0n) is 6.59. The van der Waals surface area contributed by atoms with Crippen molar-refractivity contribution in [3.8, 4) is 0 Å². The topological polar surface area (TPSA) is 64.1 Å². The predicted molar refractivity (Wildman–Crippen MR) is 49.4 cm³/mol. The molecule has 11 heavy (non-hydrogen) atoms. The summed E-state index contributed by atoms with van der Waals surface area (Å²) in [7, 11) is 0. The molecule has 0 saturated heterocycles. The molecule has 3 nitrogen and oxygen atoms in total. The van der Waals surface area contributed by atoms with Crippen LogP contribution in [0.3, 0.4) is 0 Å². The number of nitrogens with two attached hydrogens (primary N) is 2. The van der Waals surface area contributed by atoms with Crippen molar-refractivity contribution in [3.63, 3.8) is 0 Å². The van der Waals surface area contributed by atoms with Gasteiger partial charge in [-0.05, 0) is 25.1 Å². The van der Waals surface area contributed by atoms with Crippen LogP contribution in [0, 0.1) is 0 Å². The normalized spacial score (nSPS) is 9.55. The molecule has 0 radical (unpaired) electrons. The van der Waals surface area contributed by atoms with Crippen LogP contribution in [-0.4, -0.2) is 6.54 Å². The van der Waals surface area contributed by atoms with Crippen molar-refractivity contribution >= 4 is 17.1 Å². The predicted octanol–water partition coefficient (Wildman–Crippen LogP) is 1.28. The number of anilines is 3. The van der Waals surface area contributed by atoms with Crippen molar-refractivity contribution in [3.05, 3.63) is 18.2 Å². The molecule has 0 saturated carbocycles. The van der Waals surface area contributed by atoms with Crippen LogP contribution in [0.15, 0.2) is 18.2 Å². The Morgan fingerprint density at radius 1 is 1.18 bits per heavy atom. The number of nitrogens with one attached hydrogen (secondary N) is 1. The molecule has 1 aromatic carbocycles. The first-order valence-corrected chi connectivity index (χ1v) is 3.62. The van der Waals surface area contributed by atoms with E-state index in [0.29, 0.717) is 11.4 Å². The molecule has 0 fully saturated rings. The van der Waals surface area contributed by atoms with Gasteiger partial charge in [-0.2, -0.15) is 0 Å². The summed E-state index contributed by atoms with van der Waals surface area (Å²) in [6, 6.07) is 5.46. The van der Waals surface area contributed by atoms with Crippen molar-refractivity contribution in [1.29, 1.82) is 0 Å². The number of nitrogen functional groups attached to an aromatic ring is 2. The quantitative estimate of drug-likeness (QED) is 0.558. The first kappa shape index (κ1) is 7.72. The summed E-state index contributed by atoms with van der Waals surface area (Å²) in [4.78, 5) is 0. The van der Waals surface area contributed by atoms with Gasteiger partial charge < -0.3 is 16.8 Å². The van der Waals surface area contributed by atoms with Crippen LogP contribution in [0.1, 0.15) is 6.92 Å². The molecule has 0 bridgehead atoms. The Labute approximate surface area is 66.4 Å². The van der Waals surface area contributed by atoms with Crippen LogP contribution in [0.25, 0.3) is 0 Å². The van der Waals surface area contributed by atoms with Gasteiger partial charge in [0.1, 0.15) is 0 Å². The standard InChI is InChI=1S/C8H13N3/c1-2-11-8-4-6(9)3-7(10)5-8/h3-5,11H,2,9-10H2,1H3. The van der Waals surface area contributed by atoms with Gasteiger partial charge in [0.25, 0.3) is 0 Å². The number of hydrogen-bond acceptors (Lipinski definition) is 3. The number of hydrogen-bond donors (Lipinski definition) is 3. The van der Waals surface area contributed by atoms with E-state index >= 15 is 0 Å². The summed E-state index contributed by atoms with van der Waals surface area (Å²) < 4.78 is 0. The third-order valence-electron chi connectivity index (χ3n) is 1.36. The molecule has 3 heteroatoms. The Hall–Kier alpha value is -1.38. The van der Waals surface area contributed by atoms with Gasteiger partial charge in [-0.25, -0.2) is 0 Å². The summed E-state index contributed by atoms with van der Waals surface area (Å²) in [5, 5.41) is 3.13. The van der Waals surface area contributed by atoms with E-state index in [4.69, 9.17) is 11.5 Å². The molecule has 0 unspecified atom stereocenters. The van der Waals surface area contributed by atoms with Gasteiger partial charge >= 0.3 is 0 Å². The summed E-state index contributed by atoms with van der Waals surface area (Å²) in [6.07, 6.45) is 0. The summed E-state index contributed by atoms with van der Waals surface area (Å²) in [5.74, 6) is 0. The molecule has 0 aliphatic carbocycles. The summed E-state index contributed by atoms with van der Waals surface area (Å²) in [6.45, 7) is 2.91. The molecular weight excluding hydrogens is 138 g/mol. The van der Waals surface area contributed by atoms with E-state index in [0.717, 1.165) is 12.2 Å². The molecule has 0 atom stereocenters. The average molecular weight is 151 g/mol.